The van der Waals surface area contributed by atoms with Crippen LogP contribution in [0.4, 0.5) is 14.5 Å². The first-order valence-electron chi connectivity index (χ1n) is 6.03. The molecule has 112 valence electrons. The van der Waals surface area contributed by atoms with Gasteiger partial charge in [-0.3, -0.25) is 4.79 Å². The molecule has 2 rings (SSSR count). The zero-order valence-corrected chi connectivity index (χ0v) is 11.9. The topological polar surface area (TPSA) is 55.6 Å². The van der Waals surface area contributed by atoms with Gasteiger partial charge in [-0.05, 0) is 25.0 Å². The summed E-state index contributed by atoms with van der Waals surface area (Å²) in [6.45, 7) is 0.762. The van der Waals surface area contributed by atoms with E-state index in [1.807, 2.05) is 0 Å². The van der Waals surface area contributed by atoms with Crippen LogP contribution in [0.1, 0.15) is 12.8 Å². The van der Waals surface area contributed by atoms with Crippen LogP contribution in [0.2, 0.25) is 0 Å². The van der Waals surface area contributed by atoms with E-state index in [9.17, 15) is 13.6 Å². The Labute approximate surface area is 122 Å². The molecular weight excluding hydrogens is 290 g/mol. The Morgan fingerprint density at radius 3 is 2.50 bits per heavy atom. The first-order chi connectivity index (χ1) is 8.96. The van der Waals surface area contributed by atoms with E-state index in [0.29, 0.717) is 25.9 Å². The van der Waals surface area contributed by atoms with Crippen molar-refractivity contribution in [2.75, 3.05) is 25.1 Å². The fraction of sp³-hybridized carbons (Fsp3) is 0.462. The van der Waals surface area contributed by atoms with E-state index in [0.717, 1.165) is 18.2 Å². The molecule has 1 aromatic carbocycles. The number of nitrogens with two attached hydrogens (primary N) is 1. The van der Waals surface area contributed by atoms with E-state index < -0.39 is 23.1 Å². The highest BCUT2D eigenvalue weighted by Gasteiger charge is 2.39. The molecule has 20 heavy (non-hydrogen) atoms. The number of benzene rings is 1. The third kappa shape index (κ3) is 3.19. The van der Waals surface area contributed by atoms with E-state index in [2.05, 4.69) is 4.74 Å². The van der Waals surface area contributed by atoms with Crippen LogP contribution in [0, 0.1) is 11.6 Å². The number of carbonyl (C=O) groups is 1. The van der Waals surface area contributed by atoms with Crippen molar-refractivity contribution in [1.82, 2.24) is 0 Å². The van der Waals surface area contributed by atoms with Crippen LogP contribution in [-0.4, -0.2) is 31.7 Å². The molecule has 0 aromatic heterocycles. The number of halogens is 3. The van der Waals surface area contributed by atoms with Crippen molar-refractivity contribution >= 4 is 24.1 Å². The first-order valence-corrected chi connectivity index (χ1v) is 6.03. The van der Waals surface area contributed by atoms with Crippen molar-refractivity contribution in [3.8, 4) is 0 Å². The zero-order valence-electron chi connectivity index (χ0n) is 11.1. The minimum atomic E-state index is -1.03. The van der Waals surface area contributed by atoms with Gasteiger partial charge in [0.2, 0.25) is 0 Å². The van der Waals surface area contributed by atoms with Crippen molar-refractivity contribution in [3.05, 3.63) is 29.8 Å². The molecule has 1 saturated heterocycles. The van der Waals surface area contributed by atoms with E-state index in [-0.39, 0.29) is 18.1 Å². The Kier molecular flexibility index (Phi) is 5.30. The summed E-state index contributed by atoms with van der Waals surface area (Å²) in [6.07, 6.45) is 0.686. The molecule has 0 bridgehead atoms. The number of nitrogens with zero attached hydrogens (tertiary/aromatic N) is 1. The van der Waals surface area contributed by atoms with Gasteiger partial charge in [0, 0.05) is 19.2 Å². The molecule has 0 radical (unpaired) electrons. The third-order valence-electron chi connectivity index (χ3n) is 3.50. The fourth-order valence-corrected chi connectivity index (χ4v) is 2.28. The summed E-state index contributed by atoms with van der Waals surface area (Å²) >= 11 is 0. The average molecular weight is 307 g/mol. The Morgan fingerprint density at radius 1 is 1.35 bits per heavy atom. The lowest BCUT2D eigenvalue weighted by molar-refractivity contribution is -0.147. The lowest BCUT2D eigenvalue weighted by Gasteiger charge is -2.38. The number of hydrogen-bond acceptors (Lipinski definition) is 4. The van der Waals surface area contributed by atoms with E-state index >= 15 is 0 Å². The lowest BCUT2D eigenvalue weighted by Crippen LogP contribution is -2.56. The van der Waals surface area contributed by atoms with Gasteiger partial charge in [0.15, 0.2) is 0 Å². The van der Waals surface area contributed by atoms with Crippen molar-refractivity contribution in [2.24, 2.45) is 5.73 Å². The quantitative estimate of drug-likeness (QED) is 0.847. The number of anilines is 1. The Hall–Kier alpha value is -1.40. The Bertz CT molecular complexity index is 491. The standard InChI is InChI=1S/C13H16F2N2O2.ClH/c1-19-12(18)13(16)4-6-17(7-5-13)11-8-9(14)2-3-10(11)15;/h2-3,8H,4-7,16H2,1H3;1H. The third-order valence-corrected chi connectivity index (χ3v) is 3.50. The molecule has 4 nitrogen and oxygen atoms in total. The van der Waals surface area contributed by atoms with Gasteiger partial charge >= 0.3 is 5.97 Å². The second-order valence-corrected chi connectivity index (χ2v) is 4.73. The fourth-order valence-electron chi connectivity index (χ4n) is 2.28. The number of ether oxygens (including phenoxy) is 1. The van der Waals surface area contributed by atoms with Crippen molar-refractivity contribution < 1.29 is 18.3 Å². The predicted octanol–water partition coefficient (Wildman–Crippen LogP) is 1.86. The van der Waals surface area contributed by atoms with E-state index in [1.54, 1.807) is 4.90 Å². The zero-order chi connectivity index (χ0) is 14.0. The predicted molar refractivity (Wildman–Crippen MR) is 74.0 cm³/mol. The highest BCUT2D eigenvalue weighted by molar-refractivity contribution is 5.85. The van der Waals surface area contributed by atoms with Gasteiger partial charge in [0.05, 0.1) is 12.8 Å². The largest absolute Gasteiger partial charge is 0.468 e. The maximum absolute atomic E-state index is 13.6. The molecule has 1 heterocycles. The van der Waals surface area contributed by atoms with Gasteiger partial charge in [-0.2, -0.15) is 0 Å². The molecule has 1 aromatic rings. The van der Waals surface area contributed by atoms with Crippen molar-refractivity contribution in [3.63, 3.8) is 0 Å². The molecule has 1 fully saturated rings. The summed E-state index contributed by atoms with van der Waals surface area (Å²) in [5.74, 6) is -1.44. The van der Waals surface area contributed by atoms with Gasteiger partial charge in [0.1, 0.15) is 17.2 Å². The van der Waals surface area contributed by atoms with Gasteiger partial charge < -0.3 is 15.4 Å². The van der Waals surface area contributed by atoms with Gasteiger partial charge in [-0.15, -0.1) is 12.4 Å². The number of piperidine rings is 1. The van der Waals surface area contributed by atoms with Gasteiger partial charge in [-0.1, -0.05) is 0 Å². The van der Waals surface area contributed by atoms with Crippen LogP contribution in [0.15, 0.2) is 18.2 Å². The summed E-state index contributed by atoms with van der Waals surface area (Å²) in [6, 6.07) is 3.32. The lowest BCUT2D eigenvalue weighted by atomic mass is 9.88. The molecule has 0 saturated carbocycles. The number of carbonyl (C=O) groups excluding carboxylic acids is 1. The monoisotopic (exact) mass is 306 g/mol. The number of esters is 1. The van der Waals surface area contributed by atoms with Crippen LogP contribution in [0.5, 0.6) is 0 Å². The highest BCUT2D eigenvalue weighted by atomic mass is 35.5. The summed E-state index contributed by atoms with van der Waals surface area (Å²) in [5, 5.41) is 0. The van der Waals surface area contributed by atoms with E-state index in [1.165, 1.54) is 7.11 Å². The molecule has 0 spiro atoms. The molecular formula is C13H17ClF2N2O2. The van der Waals surface area contributed by atoms with Crippen LogP contribution < -0.4 is 10.6 Å². The molecule has 7 heteroatoms. The second-order valence-electron chi connectivity index (χ2n) is 4.73. The summed E-state index contributed by atoms with van der Waals surface area (Å²) in [7, 11) is 1.29. The van der Waals surface area contributed by atoms with E-state index in [4.69, 9.17) is 5.73 Å². The Morgan fingerprint density at radius 2 is 1.95 bits per heavy atom. The normalized spacial score (nSPS) is 17.3. The number of methoxy groups -OCH3 is 1. The first kappa shape index (κ1) is 16.7. The molecule has 0 unspecified atom stereocenters. The minimum Gasteiger partial charge on any atom is -0.468 e. The maximum atomic E-state index is 13.6. The SMILES string of the molecule is COC(=O)C1(N)CCN(c2cc(F)ccc2F)CC1.Cl. The minimum absolute atomic E-state index is 0. The van der Waals surface area contributed by atoms with Crippen LogP contribution >= 0.6 is 12.4 Å². The summed E-state index contributed by atoms with van der Waals surface area (Å²) in [5.41, 5.74) is 5.12. The van der Waals surface area contributed by atoms with Gasteiger partial charge in [0.25, 0.3) is 0 Å². The number of rotatable bonds is 2. The molecule has 2 N–H and O–H groups in total. The average Bonchev–Trinajstić information content (AvgIpc) is 2.41. The maximum Gasteiger partial charge on any atom is 0.325 e. The summed E-state index contributed by atoms with van der Waals surface area (Å²) < 4.78 is 31.4. The molecule has 0 atom stereocenters. The Balaban J connectivity index is 0.00000200. The molecule has 1 aliphatic rings. The second kappa shape index (κ2) is 6.37. The van der Waals surface area contributed by atoms with Crippen molar-refractivity contribution in [1.29, 1.82) is 0 Å². The molecule has 0 aliphatic carbocycles. The number of hydrogen-bond donors (Lipinski definition) is 1. The summed E-state index contributed by atoms with van der Waals surface area (Å²) in [4.78, 5) is 13.2. The highest BCUT2D eigenvalue weighted by Crippen LogP contribution is 2.28. The molecule has 1 aliphatic heterocycles. The van der Waals surface area contributed by atoms with Crippen LogP contribution in [0.25, 0.3) is 0 Å². The van der Waals surface area contributed by atoms with Crippen LogP contribution in [0.3, 0.4) is 0 Å². The smallest absolute Gasteiger partial charge is 0.325 e. The van der Waals surface area contributed by atoms with Gasteiger partial charge in [-0.25, -0.2) is 8.78 Å². The van der Waals surface area contributed by atoms with Crippen molar-refractivity contribution in [2.45, 2.75) is 18.4 Å². The molecule has 0 amide bonds. The van der Waals surface area contributed by atoms with Crippen LogP contribution in [-0.2, 0) is 9.53 Å².